The van der Waals surface area contributed by atoms with E-state index in [0.717, 1.165) is 12.8 Å². The summed E-state index contributed by atoms with van der Waals surface area (Å²) in [5.41, 5.74) is 0. The van der Waals surface area contributed by atoms with Crippen LogP contribution in [-0.2, 0) is 4.79 Å². The third-order valence-corrected chi connectivity index (χ3v) is 3.51. The minimum absolute atomic E-state index is 0.232. The van der Waals surface area contributed by atoms with E-state index >= 15 is 0 Å². The molecule has 1 rings (SSSR count). The number of carbonyl (C=O) groups is 2. The van der Waals surface area contributed by atoms with Crippen molar-refractivity contribution < 1.29 is 19.8 Å². The Morgan fingerprint density at radius 2 is 1.94 bits per heavy atom. The van der Waals surface area contributed by atoms with Crippen molar-refractivity contribution in [1.29, 1.82) is 0 Å². The Kier molecular flexibility index (Phi) is 5.40. The summed E-state index contributed by atoms with van der Waals surface area (Å²) in [5.74, 6) is -0.778. The molecule has 0 aromatic rings. The van der Waals surface area contributed by atoms with Crippen molar-refractivity contribution in [3.63, 3.8) is 0 Å². The van der Waals surface area contributed by atoms with Crippen LogP contribution in [0.5, 0.6) is 0 Å². The normalized spacial score (nSPS) is 20.3. The number of amides is 2. The van der Waals surface area contributed by atoms with Gasteiger partial charge in [-0.3, -0.25) is 0 Å². The van der Waals surface area contributed by atoms with Crippen molar-refractivity contribution in [2.75, 3.05) is 13.1 Å². The maximum Gasteiger partial charge on any atom is 0.326 e. The second-order valence-electron chi connectivity index (χ2n) is 4.81. The Balaban J connectivity index is 2.42. The van der Waals surface area contributed by atoms with Gasteiger partial charge in [0.2, 0.25) is 0 Å². The average molecular weight is 258 g/mol. The Labute approximate surface area is 107 Å². The molecule has 1 aliphatic heterocycles. The van der Waals surface area contributed by atoms with Crippen LogP contribution in [0.1, 0.15) is 33.1 Å². The molecule has 1 unspecified atom stereocenters. The van der Waals surface area contributed by atoms with Gasteiger partial charge < -0.3 is 20.4 Å². The molecule has 1 heterocycles. The largest absolute Gasteiger partial charge is 0.480 e. The number of nitrogens with zero attached hydrogens (tertiary/aromatic N) is 1. The van der Waals surface area contributed by atoms with Crippen molar-refractivity contribution in [3.8, 4) is 0 Å². The van der Waals surface area contributed by atoms with E-state index in [1.807, 2.05) is 0 Å². The quantitative estimate of drug-likeness (QED) is 0.690. The molecule has 0 spiro atoms. The van der Waals surface area contributed by atoms with Crippen molar-refractivity contribution in [1.82, 2.24) is 10.2 Å². The molecule has 1 fully saturated rings. The first-order valence-corrected chi connectivity index (χ1v) is 6.42. The number of urea groups is 1. The molecule has 0 saturated carbocycles. The predicted octanol–water partition coefficient (Wildman–Crippen LogP) is 0.652. The zero-order valence-electron chi connectivity index (χ0n) is 10.9. The van der Waals surface area contributed by atoms with Gasteiger partial charge in [0.15, 0.2) is 0 Å². The summed E-state index contributed by atoms with van der Waals surface area (Å²) >= 11 is 0. The van der Waals surface area contributed by atoms with Crippen LogP contribution in [0.4, 0.5) is 4.79 Å². The molecule has 6 heteroatoms. The number of piperidine rings is 1. The fourth-order valence-electron chi connectivity index (χ4n) is 2.16. The summed E-state index contributed by atoms with van der Waals surface area (Å²) in [6, 6.07) is -1.15. The molecule has 0 aliphatic carbocycles. The zero-order valence-corrected chi connectivity index (χ0v) is 10.9. The zero-order chi connectivity index (χ0) is 13.7. The Bertz CT molecular complexity index is 298. The topological polar surface area (TPSA) is 89.9 Å². The van der Waals surface area contributed by atoms with Gasteiger partial charge in [-0.25, -0.2) is 9.59 Å². The fraction of sp³-hybridized carbons (Fsp3) is 0.833. The molecular formula is C12H22N2O4. The highest BCUT2D eigenvalue weighted by Crippen LogP contribution is 2.20. The Morgan fingerprint density at radius 3 is 2.33 bits per heavy atom. The number of nitrogens with one attached hydrogen (secondary N) is 1. The number of aliphatic hydroxyl groups excluding tert-OH is 1. The van der Waals surface area contributed by atoms with Gasteiger partial charge in [-0.15, -0.1) is 0 Å². The molecule has 1 aliphatic rings. The van der Waals surface area contributed by atoms with E-state index in [-0.39, 0.29) is 18.1 Å². The molecular weight excluding hydrogens is 236 g/mol. The molecule has 2 atom stereocenters. The van der Waals surface area contributed by atoms with E-state index in [2.05, 4.69) is 5.32 Å². The first kappa shape index (κ1) is 14.8. The number of hydrogen-bond acceptors (Lipinski definition) is 3. The minimum atomic E-state index is -1.01. The molecule has 0 radical (unpaired) electrons. The number of carboxylic acid groups (broad SMARTS) is 1. The van der Waals surface area contributed by atoms with Crippen LogP contribution in [0.2, 0.25) is 0 Å². The minimum Gasteiger partial charge on any atom is -0.480 e. The molecule has 1 saturated heterocycles. The van der Waals surface area contributed by atoms with E-state index in [9.17, 15) is 14.7 Å². The number of carbonyl (C=O) groups excluding carboxylic acids is 1. The van der Waals surface area contributed by atoms with E-state index in [1.54, 1.807) is 18.7 Å². The van der Waals surface area contributed by atoms with Crippen molar-refractivity contribution >= 4 is 12.0 Å². The summed E-state index contributed by atoms with van der Waals surface area (Å²) in [4.78, 5) is 24.3. The SMILES string of the molecule is CC[C@@H](NC(=O)N1CCC(C(C)O)CC1)C(=O)O. The monoisotopic (exact) mass is 258 g/mol. The van der Waals surface area contributed by atoms with Crippen LogP contribution in [0.15, 0.2) is 0 Å². The third kappa shape index (κ3) is 3.87. The summed E-state index contributed by atoms with van der Waals surface area (Å²) in [5, 5.41) is 20.8. The molecule has 18 heavy (non-hydrogen) atoms. The lowest BCUT2D eigenvalue weighted by Gasteiger charge is -2.33. The van der Waals surface area contributed by atoms with Crippen LogP contribution in [0.25, 0.3) is 0 Å². The second kappa shape index (κ2) is 6.58. The number of aliphatic hydroxyl groups is 1. The van der Waals surface area contributed by atoms with Gasteiger partial charge in [-0.05, 0) is 32.1 Å². The Hall–Kier alpha value is -1.30. The Morgan fingerprint density at radius 1 is 1.39 bits per heavy atom. The maximum atomic E-state index is 11.8. The van der Waals surface area contributed by atoms with E-state index in [1.165, 1.54) is 0 Å². The molecule has 0 aromatic carbocycles. The number of carboxylic acids is 1. The van der Waals surface area contributed by atoms with Gasteiger partial charge in [-0.1, -0.05) is 6.92 Å². The number of aliphatic carboxylic acids is 1. The van der Waals surface area contributed by atoms with Gasteiger partial charge >= 0.3 is 12.0 Å². The summed E-state index contributed by atoms with van der Waals surface area (Å²) in [7, 11) is 0. The lowest BCUT2D eigenvalue weighted by molar-refractivity contribution is -0.139. The highest BCUT2D eigenvalue weighted by Gasteiger charge is 2.27. The second-order valence-corrected chi connectivity index (χ2v) is 4.81. The van der Waals surface area contributed by atoms with E-state index in [4.69, 9.17) is 5.11 Å². The standard InChI is InChI=1S/C12H22N2O4/c1-3-10(11(16)17)13-12(18)14-6-4-9(5-7-14)8(2)15/h8-10,15H,3-7H2,1-2H3,(H,13,18)(H,16,17)/t8?,10-/m1/s1. The lowest BCUT2D eigenvalue weighted by Crippen LogP contribution is -2.50. The van der Waals surface area contributed by atoms with Gasteiger partial charge in [0.25, 0.3) is 0 Å². The highest BCUT2D eigenvalue weighted by atomic mass is 16.4. The molecule has 2 amide bonds. The predicted molar refractivity (Wildman–Crippen MR) is 66.2 cm³/mol. The number of likely N-dealkylation sites (tertiary alicyclic amines) is 1. The van der Waals surface area contributed by atoms with Gasteiger partial charge in [0.05, 0.1) is 6.10 Å². The summed E-state index contributed by atoms with van der Waals surface area (Å²) in [6.45, 7) is 4.62. The van der Waals surface area contributed by atoms with E-state index in [0.29, 0.717) is 19.5 Å². The van der Waals surface area contributed by atoms with Crippen LogP contribution < -0.4 is 5.32 Å². The van der Waals surface area contributed by atoms with Crippen molar-refractivity contribution in [2.24, 2.45) is 5.92 Å². The first-order valence-electron chi connectivity index (χ1n) is 6.42. The first-order chi connectivity index (χ1) is 8.45. The summed E-state index contributed by atoms with van der Waals surface area (Å²) in [6.07, 6.45) is 1.53. The van der Waals surface area contributed by atoms with Crippen LogP contribution in [0.3, 0.4) is 0 Å². The van der Waals surface area contributed by atoms with Gasteiger partial charge in [0.1, 0.15) is 6.04 Å². The number of rotatable bonds is 4. The average Bonchev–Trinajstić information content (AvgIpc) is 2.35. The van der Waals surface area contributed by atoms with Gasteiger partial charge in [-0.2, -0.15) is 0 Å². The van der Waals surface area contributed by atoms with Crippen molar-refractivity contribution in [3.05, 3.63) is 0 Å². The van der Waals surface area contributed by atoms with Crippen LogP contribution in [-0.4, -0.2) is 52.3 Å². The lowest BCUT2D eigenvalue weighted by atomic mass is 9.92. The van der Waals surface area contributed by atoms with Crippen LogP contribution >= 0.6 is 0 Å². The van der Waals surface area contributed by atoms with Crippen molar-refractivity contribution in [2.45, 2.75) is 45.3 Å². The molecule has 0 bridgehead atoms. The fourth-order valence-corrected chi connectivity index (χ4v) is 2.16. The number of hydrogen-bond donors (Lipinski definition) is 3. The molecule has 3 N–H and O–H groups in total. The molecule has 6 nitrogen and oxygen atoms in total. The van der Waals surface area contributed by atoms with Crippen LogP contribution in [0, 0.1) is 5.92 Å². The maximum absolute atomic E-state index is 11.8. The smallest absolute Gasteiger partial charge is 0.326 e. The third-order valence-electron chi connectivity index (χ3n) is 3.51. The van der Waals surface area contributed by atoms with E-state index < -0.39 is 12.0 Å². The molecule has 0 aromatic heterocycles. The van der Waals surface area contributed by atoms with Gasteiger partial charge in [0, 0.05) is 13.1 Å². The highest BCUT2D eigenvalue weighted by molar-refractivity contribution is 5.82. The summed E-state index contributed by atoms with van der Waals surface area (Å²) < 4.78 is 0. The molecule has 104 valence electrons.